The number of aromatic nitrogens is 1. The van der Waals surface area contributed by atoms with E-state index < -0.39 is 0 Å². The molecule has 0 atom stereocenters. The number of rotatable bonds is 7. The SMILES string of the molecule is CC(C)COCCNCc1ccncc1. The van der Waals surface area contributed by atoms with E-state index in [9.17, 15) is 0 Å². The van der Waals surface area contributed by atoms with Crippen LogP contribution in [0.15, 0.2) is 24.5 Å². The zero-order valence-electron chi connectivity index (χ0n) is 9.57. The molecular formula is C12H20N2O. The molecule has 3 heteroatoms. The smallest absolute Gasteiger partial charge is 0.0591 e. The van der Waals surface area contributed by atoms with Crippen LogP contribution in [0.4, 0.5) is 0 Å². The Morgan fingerprint density at radius 1 is 1.33 bits per heavy atom. The van der Waals surface area contributed by atoms with Gasteiger partial charge in [0.2, 0.25) is 0 Å². The van der Waals surface area contributed by atoms with E-state index in [-0.39, 0.29) is 0 Å². The van der Waals surface area contributed by atoms with Crippen LogP contribution >= 0.6 is 0 Å². The lowest BCUT2D eigenvalue weighted by molar-refractivity contribution is 0.111. The Bertz CT molecular complexity index is 249. The van der Waals surface area contributed by atoms with Crippen LogP contribution in [-0.2, 0) is 11.3 Å². The van der Waals surface area contributed by atoms with Gasteiger partial charge in [-0.25, -0.2) is 0 Å². The van der Waals surface area contributed by atoms with Crippen LogP contribution in [0.3, 0.4) is 0 Å². The van der Waals surface area contributed by atoms with Crippen LogP contribution in [0.5, 0.6) is 0 Å². The van der Waals surface area contributed by atoms with E-state index in [4.69, 9.17) is 4.74 Å². The van der Waals surface area contributed by atoms with E-state index in [1.807, 2.05) is 24.5 Å². The molecular weight excluding hydrogens is 188 g/mol. The van der Waals surface area contributed by atoms with E-state index in [2.05, 4.69) is 24.1 Å². The number of hydrogen-bond donors (Lipinski definition) is 1. The van der Waals surface area contributed by atoms with Gasteiger partial charge in [0, 0.05) is 32.1 Å². The number of ether oxygens (including phenoxy) is 1. The van der Waals surface area contributed by atoms with Gasteiger partial charge in [-0.3, -0.25) is 4.98 Å². The average Bonchev–Trinajstić information content (AvgIpc) is 2.24. The van der Waals surface area contributed by atoms with Crippen molar-refractivity contribution in [3.05, 3.63) is 30.1 Å². The van der Waals surface area contributed by atoms with Crippen molar-refractivity contribution in [1.29, 1.82) is 0 Å². The molecule has 1 N–H and O–H groups in total. The zero-order valence-corrected chi connectivity index (χ0v) is 9.57. The highest BCUT2D eigenvalue weighted by atomic mass is 16.5. The Morgan fingerprint density at radius 2 is 2.07 bits per heavy atom. The molecule has 15 heavy (non-hydrogen) atoms. The van der Waals surface area contributed by atoms with E-state index in [0.29, 0.717) is 5.92 Å². The maximum atomic E-state index is 5.46. The van der Waals surface area contributed by atoms with Crippen molar-refractivity contribution in [2.45, 2.75) is 20.4 Å². The van der Waals surface area contributed by atoms with Crippen molar-refractivity contribution in [3.63, 3.8) is 0 Å². The van der Waals surface area contributed by atoms with Crippen LogP contribution < -0.4 is 5.32 Å². The molecule has 1 aromatic heterocycles. The van der Waals surface area contributed by atoms with Crippen molar-refractivity contribution in [3.8, 4) is 0 Å². The summed E-state index contributed by atoms with van der Waals surface area (Å²) in [4.78, 5) is 3.97. The second-order valence-corrected chi connectivity index (χ2v) is 4.00. The third kappa shape index (κ3) is 6.20. The van der Waals surface area contributed by atoms with Gasteiger partial charge in [-0.1, -0.05) is 13.8 Å². The fourth-order valence-corrected chi connectivity index (χ4v) is 1.20. The van der Waals surface area contributed by atoms with Gasteiger partial charge >= 0.3 is 0 Å². The first kappa shape index (κ1) is 12.1. The first-order chi connectivity index (χ1) is 7.29. The van der Waals surface area contributed by atoms with Crippen LogP contribution in [0.1, 0.15) is 19.4 Å². The lowest BCUT2D eigenvalue weighted by Crippen LogP contribution is -2.20. The molecule has 0 unspecified atom stereocenters. The molecule has 1 rings (SSSR count). The number of hydrogen-bond acceptors (Lipinski definition) is 3. The van der Waals surface area contributed by atoms with E-state index in [1.165, 1.54) is 5.56 Å². The number of nitrogens with zero attached hydrogens (tertiary/aromatic N) is 1. The second-order valence-electron chi connectivity index (χ2n) is 4.00. The van der Waals surface area contributed by atoms with E-state index in [1.54, 1.807) is 0 Å². The van der Waals surface area contributed by atoms with Gasteiger partial charge in [-0.15, -0.1) is 0 Å². The van der Waals surface area contributed by atoms with Gasteiger partial charge in [0.05, 0.1) is 6.61 Å². The number of pyridine rings is 1. The minimum atomic E-state index is 0.616. The monoisotopic (exact) mass is 208 g/mol. The van der Waals surface area contributed by atoms with Crippen molar-refractivity contribution in [2.75, 3.05) is 19.8 Å². The highest BCUT2D eigenvalue weighted by molar-refractivity contribution is 5.08. The van der Waals surface area contributed by atoms with E-state index >= 15 is 0 Å². The first-order valence-corrected chi connectivity index (χ1v) is 5.46. The fourth-order valence-electron chi connectivity index (χ4n) is 1.20. The largest absolute Gasteiger partial charge is 0.380 e. The molecule has 3 nitrogen and oxygen atoms in total. The van der Waals surface area contributed by atoms with Crippen molar-refractivity contribution >= 4 is 0 Å². The van der Waals surface area contributed by atoms with Gasteiger partial charge in [-0.05, 0) is 23.6 Å². The van der Waals surface area contributed by atoms with Crippen LogP contribution in [0, 0.1) is 5.92 Å². The molecule has 1 aromatic rings. The normalized spacial score (nSPS) is 10.9. The molecule has 0 saturated heterocycles. The molecule has 0 fully saturated rings. The minimum Gasteiger partial charge on any atom is -0.380 e. The van der Waals surface area contributed by atoms with E-state index in [0.717, 1.165) is 26.3 Å². The molecule has 0 saturated carbocycles. The van der Waals surface area contributed by atoms with Crippen molar-refractivity contribution in [2.24, 2.45) is 5.92 Å². The van der Waals surface area contributed by atoms with Crippen molar-refractivity contribution < 1.29 is 4.74 Å². The summed E-state index contributed by atoms with van der Waals surface area (Å²) >= 11 is 0. The standard InChI is InChI=1S/C12H20N2O/c1-11(2)10-15-8-7-14-9-12-3-5-13-6-4-12/h3-6,11,14H,7-10H2,1-2H3. The summed E-state index contributed by atoms with van der Waals surface area (Å²) in [7, 11) is 0. The lowest BCUT2D eigenvalue weighted by Gasteiger charge is -2.07. The molecule has 0 amide bonds. The summed E-state index contributed by atoms with van der Waals surface area (Å²) in [6, 6.07) is 4.03. The average molecular weight is 208 g/mol. The topological polar surface area (TPSA) is 34.1 Å². The third-order valence-electron chi connectivity index (χ3n) is 1.95. The van der Waals surface area contributed by atoms with Gasteiger partial charge in [0.25, 0.3) is 0 Å². The Labute approximate surface area is 91.9 Å². The predicted octanol–water partition coefficient (Wildman–Crippen LogP) is 1.84. The molecule has 84 valence electrons. The highest BCUT2D eigenvalue weighted by Crippen LogP contribution is 1.94. The second kappa shape index (κ2) is 7.37. The lowest BCUT2D eigenvalue weighted by atomic mass is 10.2. The molecule has 0 aliphatic rings. The zero-order chi connectivity index (χ0) is 10.9. The maximum Gasteiger partial charge on any atom is 0.0591 e. The fraction of sp³-hybridized carbons (Fsp3) is 0.583. The molecule has 0 aliphatic heterocycles. The van der Waals surface area contributed by atoms with Gasteiger partial charge in [-0.2, -0.15) is 0 Å². The summed E-state index contributed by atoms with van der Waals surface area (Å²) < 4.78 is 5.46. The summed E-state index contributed by atoms with van der Waals surface area (Å²) in [6.45, 7) is 7.72. The Kier molecular flexibility index (Phi) is 5.97. The van der Waals surface area contributed by atoms with Gasteiger partial charge < -0.3 is 10.1 Å². The molecule has 0 aliphatic carbocycles. The summed E-state index contributed by atoms with van der Waals surface area (Å²) in [5.74, 6) is 0.616. The highest BCUT2D eigenvalue weighted by Gasteiger charge is 1.94. The molecule has 0 radical (unpaired) electrons. The molecule has 0 spiro atoms. The summed E-state index contributed by atoms with van der Waals surface area (Å²) in [5, 5.41) is 3.32. The summed E-state index contributed by atoms with van der Waals surface area (Å²) in [6.07, 6.45) is 3.62. The maximum absolute atomic E-state index is 5.46. The Hall–Kier alpha value is -0.930. The Morgan fingerprint density at radius 3 is 2.73 bits per heavy atom. The Balaban J connectivity index is 1.98. The van der Waals surface area contributed by atoms with Crippen LogP contribution in [-0.4, -0.2) is 24.7 Å². The number of nitrogens with one attached hydrogen (secondary N) is 1. The van der Waals surface area contributed by atoms with Crippen LogP contribution in [0.25, 0.3) is 0 Å². The van der Waals surface area contributed by atoms with Crippen molar-refractivity contribution in [1.82, 2.24) is 10.3 Å². The minimum absolute atomic E-state index is 0.616. The quantitative estimate of drug-likeness (QED) is 0.694. The van der Waals surface area contributed by atoms with Crippen LogP contribution in [0.2, 0.25) is 0 Å². The first-order valence-electron chi connectivity index (χ1n) is 5.46. The summed E-state index contributed by atoms with van der Waals surface area (Å²) in [5.41, 5.74) is 1.26. The molecule has 0 aromatic carbocycles. The predicted molar refractivity (Wildman–Crippen MR) is 61.6 cm³/mol. The molecule has 1 heterocycles. The molecule has 0 bridgehead atoms. The third-order valence-corrected chi connectivity index (χ3v) is 1.95. The van der Waals surface area contributed by atoms with Gasteiger partial charge in [0.15, 0.2) is 0 Å². The van der Waals surface area contributed by atoms with Gasteiger partial charge in [0.1, 0.15) is 0 Å².